The first kappa shape index (κ1) is 16.2. The first-order valence-corrected chi connectivity index (χ1v) is 6.67. The van der Waals surface area contributed by atoms with Crippen LogP contribution >= 0.6 is 0 Å². The fourth-order valence-electron chi connectivity index (χ4n) is 1.99. The number of nitrogens with one attached hydrogen (secondary N) is 1. The Bertz CT molecular complexity index is 518. The minimum absolute atomic E-state index is 0.108. The van der Waals surface area contributed by atoms with Gasteiger partial charge in [-0.3, -0.25) is 9.59 Å². The van der Waals surface area contributed by atoms with Crippen LogP contribution in [0.25, 0.3) is 0 Å². The Morgan fingerprint density at radius 1 is 1.15 bits per heavy atom. The van der Waals surface area contributed by atoms with E-state index in [0.29, 0.717) is 0 Å². The Morgan fingerprint density at radius 2 is 1.70 bits per heavy atom. The molecule has 1 rings (SSSR count). The SMILES string of the molecule is Cc1ccccc1C(C)(C)C(=O)NCC(C)(C)C(=O)O. The summed E-state index contributed by atoms with van der Waals surface area (Å²) in [7, 11) is 0. The number of amides is 1. The smallest absolute Gasteiger partial charge is 0.310 e. The van der Waals surface area contributed by atoms with Crippen molar-refractivity contribution in [1.82, 2.24) is 5.32 Å². The third-order valence-electron chi connectivity index (χ3n) is 3.66. The maximum atomic E-state index is 12.4. The van der Waals surface area contributed by atoms with Gasteiger partial charge in [-0.05, 0) is 45.7 Å². The Kier molecular flexibility index (Phi) is 4.58. The van der Waals surface area contributed by atoms with Crippen LogP contribution in [-0.4, -0.2) is 23.5 Å². The van der Waals surface area contributed by atoms with Crippen LogP contribution in [0.15, 0.2) is 24.3 Å². The van der Waals surface area contributed by atoms with Gasteiger partial charge < -0.3 is 10.4 Å². The number of hydrogen-bond acceptors (Lipinski definition) is 2. The van der Waals surface area contributed by atoms with Crippen LogP contribution in [0.4, 0.5) is 0 Å². The third-order valence-corrected chi connectivity index (χ3v) is 3.66. The molecule has 0 aliphatic carbocycles. The Morgan fingerprint density at radius 3 is 2.20 bits per heavy atom. The van der Waals surface area contributed by atoms with Crippen molar-refractivity contribution in [2.24, 2.45) is 5.41 Å². The third kappa shape index (κ3) is 3.38. The molecule has 0 saturated carbocycles. The topological polar surface area (TPSA) is 66.4 Å². The number of carbonyl (C=O) groups excluding carboxylic acids is 1. The lowest BCUT2D eigenvalue weighted by Gasteiger charge is -2.28. The standard InChI is InChI=1S/C16H23NO3/c1-11-8-6-7-9-12(11)16(4,5)13(18)17-10-15(2,3)14(19)20/h6-9H,10H2,1-5H3,(H,17,18)(H,19,20). The van der Waals surface area contributed by atoms with E-state index in [0.717, 1.165) is 11.1 Å². The van der Waals surface area contributed by atoms with Gasteiger partial charge in [0.15, 0.2) is 0 Å². The molecule has 1 aromatic carbocycles. The summed E-state index contributed by atoms with van der Waals surface area (Å²) in [4.78, 5) is 23.4. The summed E-state index contributed by atoms with van der Waals surface area (Å²) in [5, 5.41) is 11.8. The van der Waals surface area contributed by atoms with Crippen LogP contribution in [-0.2, 0) is 15.0 Å². The molecule has 0 aliphatic heterocycles. The van der Waals surface area contributed by atoms with Crippen molar-refractivity contribution < 1.29 is 14.7 Å². The van der Waals surface area contributed by atoms with Gasteiger partial charge in [0.05, 0.1) is 10.8 Å². The molecule has 4 nitrogen and oxygen atoms in total. The van der Waals surface area contributed by atoms with Crippen molar-refractivity contribution in [2.75, 3.05) is 6.54 Å². The molecule has 0 aliphatic rings. The summed E-state index contributed by atoms with van der Waals surface area (Å²) in [6.45, 7) is 8.95. The zero-order valence-electron chi connectivity index (χ0n) is 12.8. The van der Waals surface area contributed by atoms with Gasteiger partial charge in [-0.15, -0.1) is 0 Å². The largest absolute Gasteiger partial charge is 0.481 e. The van der Waals surface area contributed by atoms with Gasteiger partial charge >= 0.3 is 5.97 Å². The number of rotatable bonds is 5. The van der Waals surface area contributed by atoms with E-state index in [9.17, 15) is 9.59 Å². The lowest BCUT2D eigenvalue weighted by atomic mass is 9.81. The molecule has 110 valence electrons. The highest BCUT2D eigenvalue weighted by Gasteiger charge is 2.34. The molecule has 0 unspecified atom stereocenters. The second-order valence-electron chi connectivity index (χ2n) is 6.31. The molecule has 0 spiro atoms. The van der Waals surface area contributed by atoms with E-state index in [1.807, 2.05) is 45.0 Å². The molecule has 4 heteroatoms. The van der Waals surface area contributed by atoms with E-state index in [1.54, 1.807) is 13.8 Å². The number of aliphatic carboxylic acids is 1. The zero-order chi connectivity index (χ0) is 15.6. The molecule has 0 bridgehead atoms. The lowest BCUT2D eigenvalue weighted by molar-refractivity contribution is -0.146. The van der Waals surface area contributed by atoms with Crippen molar-refractivity contribution in [3.05, 3.63) is 35.4 Å². The number of hydrogen-bond donors (Lipinski definition) is 2. The fraction of sp³-hybridized carbons (Fsp3) is 0.500. The minimum Gasteiger partial charge on any atom is -0.481 e. The number of aryl methyl sites for hydroxylation is 1. The van der Waals surface area contributed by atoms with Gasteiger partial charge in [0.25, 0.3) is 0 Å². The molecule has 0 radical (unpaired) electrons. The zero-order valence-corrected chi connectivity index (χ0v) is 12.8. The molecule has 0 aromatic heterocycles. The fourth-order valence-corrected chi connectivity index (χ4v) is 1.99. The molecule has 20 heavy (non-hydrogen) atoms. The predicted octanol–water partition coefficient (Wildman–Crippen LogP) is 2.50. The van der Waals surface area contributed by atoms with Gasteiger partial charge in [0, 0.05) is 6.54 Å². The molecule has 1 aromatic rings. The molecule has 2 N–H and O–H groups in total. The van der Waals surface area contributed by atoms with Gasteiger partial charge in [0.2, 0.25) is 5.91 Å². The van der Waals surface area contributed by atoms with Crippen molar-refractivity contribution in [1.29, 1.82) is 0 Å². The second kappa shape index (κ2) is 5.65. The van der Waals surface area contributed by atoms with E-state index >= 15 is 0 Å². The predicted molar refractivity (Wildman–Crippen MR) is 78.6 cm³/mol. The minimum atomic E-state index is -0.975. The Balaban J connectivity index is 2.87. The Labute approximate surface area is 120 Å². The molecule has 0 atom stereocenters. The first-order valence-electron chi connectivity index (χ1n) is 6.67. The summed E-state index contributed by atoms with van der Waals surface area (Å²) in [5.41, 5.74) is 0.327. The highest BCUT2D eigenvalue weighted by Crippen LogP contribution is 2.26. The first-order chi connectivity index (χ1) is 9.09. The average Bonchev–Trinajstić information content (AvgIpc) is 2.36. The molecule has 1 amide bonds. The monoisotopic (exact) mass is 277 g/mol. The average molecular weight is 277 g/mol. The second-order valence-corrected chi connectivity index (χ2v) is 6.31. The number of carboxylic acids is 1. The van der Waals surface area contributed by atoms with Gasteiger partial charge in [-0.2, -0.15) is 0 Å². The van der Waals surface area contributed by atoms with E-state index in [1.165, 1.54) is 0 Å². The van der Waals surface area contributed by atoms with E-state index in [-0.39, 0.29) is 12.5 Å². The summed E-state index contributed by atoms with van der Waals surface area (Å²) >= 11 is 0. The van der Waals surface area contributed by atoms with Crippen LogP contribution in [0.1, 0.15) is 38.8 Å². The molecular formula is C16H23NO3. The highest BCUT2D eigenvalue weighted by molar-refractivity contribution is 5.88. The van der Waals surface area contributed by atoms with Gasteiger partial charge in [-0.1, -0.05) is 24.3 Å². The summed E-state index contributed by atoms with van der Waals surface area (Å²) < 4.78 is 0. The lowest BCUT2D eigenvalue weighted by Crippen LogP contribution is -2.46. The number of carboxylic acid groups (broad SMARTS) is 1. The van der Waals surface area contributed by atoms with E-state index in [2.05, 4.69) is 5.32 Å². The maximum absolute atomic E-state index is 12.4. The van der Waals surface area contributed by atoms with E-state index in [4.69, 9.17) is 5.11 Å². The molecule has 0 saturated heterocycles. The number of benzene rings is 1. The molecular weight excluding hydrogens is 254 g/mol. The summed E-state index contributed by atoms with van der Waals surface area (Å²) in [6, 6.07) is 7.72. The summed E-state index contributed by atoms with van der Waals surface area (Å²) in [5.74, 6) is -1.09. The highest BCUT2D eigenvalue weighted by atomic mass is 16.4. The van der Waals surface area contributed by atoms with Crippen molar-refractivity contribution in [3.63, 3.8) is 0 Å². The quantitative estimate of drug-likeness (QED) is 0.869. The van der Waals surface area contributed by atoms with Crippen LogP contribution in [0, 0.1) is 12.3 Å². The van der Waals surface area contributed by atoms with Crippen molar-refractivity contribution in [3.8, 4) is 0 Å². The maximum Gasteiger partial charge on any atom is 0.310 e. The van der Waals surface area contributed by atoms with Crippen LogP contribution in [0.3, 0.4) is 0 Å². The molecule has 0 heterocycles. The van der Waals surface area contributed by atoms with Crippen LogP contribution in [0.2, 0.25) is 0 Å². The van der Waals surface area contributed by atoms with Crippen LogP contribution < -0.4 is 5.32 Å². The molecule has 0 fully saturated rings. The summed E-state index contributed by atoms with van der Waals surface area (Å²) in [6.07, 6.45) is 0. The van der Waals surface area contributed by atoms with Crippen LogP contribution in [0.5, 0.6) is 0 Å². The van der Waals surface area contributed by atoms with Gasteiger partial charge in [0.1, 0.15) is 0 Å². The Hall–Kier alpha value is -1.84. The number of carbonyl (C=O) groups is 2. The van der Waals surface area contributed by atoms with Gasteiger partial charge in [-0.25, -0.2) is 0 Å². The van der Waals surface area contributed by atoms with Crippen molar-refractivity contribution in [2.45, 2.75) is 40.0 Å². The normalized spacial score (nSPS) is 12.1. The van der Waals surface area contributed by atoms with E-state index < -0.39 is 16.8 Å². The van der Waals surface area contributed by atoms with Crippen molar-refractivity contribution >= 4 is 11.9 Å².